The minimum atomic E-state index is 0.671. The van der Waals surface area contributed by atoms with E-state index in [9.17, 15) is 0 Å². The minimum Gasteiger partial charge on any atom is -0.315 e. The highest BCUT2D eigenvalue weighted by molar-refractivity contribution is 5.66. The highest BCUT2D eigenvalue weighted by Crippen LogP contribution is 2.38. The fraction of sp³-hybridized carbons (Fsp3) is 0.333. The molecule has 1 aliphatic carbocycles. The first-order chi connectivity index (χ1) is 6.45. The Balaban J connectivity index is 2.09. The van der Waals surface area contributed by atoms with Gasteiger partial charge in [0.1, 0.15) is 0 Å². The van der Waals surface area contributed by atoms with Crippen molar-refractivity contribution in [2.24, 2.45) is 0 Å². The van der Waals surface area contributed by atoms with Crippen molar-refractivity contribution >= 4 is 6.08 Å². The maximum absolute atomic E-state index is 3.46. The predicted octanol–water partition coefficient (Wildman–Crippen LogP) is 2.16. The number of fused-ring (bicyclic) bond motifs is 3. The SMILES string of the molecule is C1=C2CCNCC2c2ccccc21. The summed E-state index contributed by atoms with van der Waals surface area (Å²) < 4.78 is 0. The summed E-state index contributed by atoms with van der Waals surface area (Å²) in [5, 5.41) is 3.46. The van der Waals surface area contributed by atoms with Crippen molar-refractivity contribution in [2.75, 3.05) is 13.1 Å². The Morgan fingerprint density at radius 2 is 2.15 bits per heavy atom. The van der Waals surface area contributed by atoms with Gasteiger partial charge in [-0.15, -0.1) is 0 Å². The van der Waals surface area contributed by atoms with Crippen LogP contribution in [0, 0.1) is 0 Å². The monoisotopic (exact) mass is 171 g/mol. The third-order valence-corrected chi connectivity index (χ3v) is 3.10. The number of piperidine rings is 1. The maximum Gasteiger partial charge on any atom is 0.0183 e. The Kier molecular flexibility index (Phi) is 1.53. The number of rotatable bonds is 0. The minimum absolute atomic E-state index is 0.671. The molecule has 3 rings (SSSR count). The Bertz CT molecular complexity index is 365. The van der Waals surface area contributed by atoms with Crippen LogP contribution in [-0.4, -0.2) is 13.1 Å². The van der Waals surface area contributed by atoms with Gasteiger partial charge in [-0.2, -0.15) is 0 Å². The molecule has 1 heteroatoms. The molecule has 1 aromatic carbocycles. The van der Waals surface area contributed by atoms with Crippen LogP contribution in [0.1, 0.15) is 23.5 Å². The normalized spacial score (nSPS) is 24.9. The van der Waals surface area contributed by atoms with Crippen LogP contribution in [0.2, 0.25) is 0 Å². The van der Waals surface area contributed by atoms with E-state index in [1.807, 2.05) is 0 Å². The molecule has 2 aliphatic rings. The summed E-state index contributed by atoms with van der Waals surface area (Å²) in [6, 6.07) is 8.75. The van der Waals surface area contributed by atoms with E-state index >= 15 is 0 Å². The van der Waals surface area contributed by atoms with Gasteiger partial charge in [0.2, 0.25) is 0 Å². The van der Waals surface area contributed by atoms with Crippen LogP contribution < -0.4 is 5.32 Å². The van der Waals surface area contributed by atoms with Crippen molar-refractivity contribution in [3.63, 3.8) is 0 Å². The second-order valence-corrected chi connectivity index (χ2v) is 3.85. The number of nitrogens with one attached hydrogen (secondary N) is 1. The third kappa shape index (κ3) is 1.04. The quantitative estimate of drug-likeness (QED) is 0.630. The fourth-order valence-electron chi connectivity index (χ4n) is 2.43. The summed E-state index contributed by atoms with van der Waals surface area (Å²) in [5.41, 5.74) is 4.58. The van der Waals surface area contributed by atoms with Gasteiger partial charge in [-0.1, -0.05) is 35.9 Å². The van der Waals surface area contributed by atoms with Crippen LogP contribution >= 0.6 is 0 Å². The first-order valence-electron chi connectivity index (χ1n) is 4.95. The van der Waals surface area contributed by atoms with Crippen LogP contribution in [0.3, 0.4) is 0 Å². The lowest BCUT2D eigenvalue weighted by Gasteiger charge is -2.22. The van der Waals surface area contributed by atoms with Gasteiger partial charge in [0.15, 0.2) is 0 Å². The number of hydrogen-bond donors (Lipinski definition) is 1. The molecule has 1 aliphatic heterocycles. The molecule has 1 N–H and O–H groups in total. The molecule has 1 saturated heterocycles. The molecule has 66 valence electrons. The molecule has 1 heterocycles. The zero-order valence-corrected chi connectivity index (χ0v) is 7.59. The van der Waals surface area contributed by atoms with Crippen LogP contribution in [0.25, 0.3) is 6.08 Å². The molecular formula is C12H13N. The topological polar surface area (TPSA) is 12.0 Å². The molecular weight excluding hydrogens is 158 g/mol. The van der Waals surface area contributed by atoms with E-state index in [0.29, 0.717) is 5.92 Å². The average molecular weight is 171 g/mol. The zero-order chi connectivity index (χ0) is 8.67. The van der Waals surface area contributed by atoms with E-state index in [2.05, 4.69) is 35.7 Å². The maximum atomic E-state index is 3.46. The van der Waals surface area contributed by atoms with Gasteiger partial charge in [-0.3, -0.25) is 0 Å². The van der Waals surface area contributed by atoms with Crippen molar-refractivity contribution in [3.05, 3.63) is 41.0 Å². The highest BCUT2D eigenvalue weighted by atomic mass is 14.9. The molecule has 0 aromatic heterocycles. The van der Waals surface area contributed by atoms with E-state index in [4.69, 9.17) is 0 Å². The lowest BCUT2D eigenvalue weighted by atomic mass is 9.91. The van der Waals surface area contributed by atoms with Gasteiger partial charge in [0, 0.05) is 12.5 Å². The molecule has 1 aromatic rings. The average Bonchev–Trinajstić information content (AvgIpc) is 2.56. The lowest BCUT2D eigenvalue weighted by Crippen LogP contribution is -2.28. The van der Waals surface area contributed by atoms with E-state index < -0.39 is 0 Å². The van der Waals surface area contributed by atoms with Gasteiger partial charge in [-0.05, 0) is 24.1 Å². The van der Waals surface area contributed by atoms with Gasteiger partial charge in [-0.25, -0.2) is 0 Å². The molecule has 0 radical (unpaired) electrons. The van der Waals surface area contributed by atoms with E-state index in [-0.39, 0.29) is 0 Å². The van der Waals surface area contributed by atoms with Crippen LogP contribution in [0.15, 0.2) is 29.8 Å². The van der Waals surface area contributed by atoms with Crippen LogP contribution in [-0.2, 0) is 0 Å². The molecule has 13 heavy (non-hydrogen) atoms. The van der Waals surface area contributed by atoms with Crippen molar-refractivity contribution in [1.29, 1.82) is 0 Å². The molecule has 0 spiro atoms. The van der Waals surface area contributed by atoms with E-state index in [1.165, 1.54) is 17.5 Å². The molecule has 1 nitrogen and oxygen atoms in total. The van der Waals surface area contributed by atoms with Crippen LogP contribution in [0.4, 0.5) is 0 Å². The molecule has 1 unspecified atom stereocenters. The summed E-state index contributed by atoms with van der Waals surface area (Å²) in [6.07, 6.45) is 3.60. The Morgan fingerprint density at radius 1 is 1.23 bits per heavy atom. The van der Waals surface area contributed by atoms with Crippen LogP contribution in [0.5, 0.6) is 0 Å². The summed E-state index contributed by atoms with van der Waals surface area (Å²) in [6.45, 7) is 2.28. The fourth-order valence-corrected chi connectivity index (χ4v) is 2.43. The summed E-state index contributed by atoms with van der Waals surface area (Å²) in [4.78, 5) is 0. The van der Waals surface area contributed by atoms with E-state index in [0.717, 1.165) is 13.1 Å². The first-order valence-corrected chi connectivity index (χ1v) is 4.95. The first kappa shape index (κ1) is 7.34. The smallest absolute Gasteiger partial charge is 0.0183 e. The Morgan fingerprint density at radius 3 is 3.15 bits per heavy atom. The van der Waals surface area contributed by atoms with Crippen molar-refractivity contribution in [1.82, 2.24) is 5.32 Å². The second-order valence-electron chi connectivity index (χ2n) is 3.85. The van der Waals surface area contributed by atoms with Crippen molar-refractivity contribution < 1.29 is 0 Å². The molecule has 1 atom stereocenters. The molecule has 1 fully saturated rings. The van der Waals surface area contributed by atoms with Gasteiger partial charge < -0.3 is 5.32 Å². The molecule has 0 bridgehead atoms. The Hall–Kier alpha value is -1.08. The highest BCUT2D eigenvalue weighted by Gasteiger charge is 2.26. The lowest BCUT2D eigenvalue weighted by molar-refractivity contribution is 0.565. The molecule has 0 amide bonds. The number of benzene rings is 1. The van der Waals surface area contributed by atoms with Gasteiger partial charge in [0.25, 0.3) is 0 Å². The number of hydrogen-bond acceptors (Lipinski definition) is 1. The van der Waals surface area contributed by atoms with Gasteiger partial charge >= 0.3 is 0 Å². The van der Waals surface area contributed by atoms with Crippen molar-refractivity contribution in [2.45, 2.75) is 12.3 Å². The van der Waals surface area contributed by atoms with Gasteiger partial charge in [0.05, 0.1) is 0 Å². The standard InChI is InChI=1S/C12H13N/c1-2-4-11-9(3-1)7-10-5-6-13-8-12(10)11/h1-4,7,12-13H,5-6,8H2. The zero-order valence-electron chi connectivity index (χ0n) is 7.59. The Labute approximate surface area is 78.5 Å². The predicted molar refractivity (Wildman–Crippen MR) is 54.6 cm³/mol. The summed E-state index contributed by atoms with van der Waals surface area (Å²) in [5.74, 6) is 0.671. The van der Waals surface area contributed by atoms with Crippen molar-refractivity contribution in [3.8, 4) is 0 Å². The second kappa shape index (κ2) is 2.71. The largest absolute Gasteiger partial charge is 0.315 e. The molecule has 0 saturated carbocycles. The third-order valence-electron chi connectivity index (χ3n) is 3.10. The summed E-state index contributed by atoms with van der Waals surface area (Å²) in [7, 11) is 0. The summed E-state index contributed by atoms with van der Waals surface area (Å²) >= 11 is 0. The van der Waals surface area contributed by atoms with E-state index in [1.54, 1.807) is 5.57 Å².